The number of hydrogen-bond acceptors (Lipinski definition) is 7. The Balaban J connectivity index is 1.31. The van der Waals surface area contributed by atoms with Crippen LogP contribution in [0.25, 0.3) is 22.3 Å². The molecule has 10 heteroatoms. The Morgan fingerprint density at radius 1 is 1.00 bits per heavy atom. The predicted molar refractivity (Wildman–Crippen MR) is 133 cm³/mol. The van der Waals surface area contributed by atoms with Crippen molar-refractivity contribution in [3.05, 3.63) is 71.5 Å². The monoisotopic (exact) mass is 492 g/mol. The number of amides is 1. The van der Waals surface area contributed by atoms with Gasteiger partial charge in [0.05, 0.1) is 11.2 Å². The summed E-state index contributed by atoms with van der Waals surface area (Å²) in [6, 6.07) is 16.7. The number of fused-ring (bicyclic) bond motifs is 1. The Morgan fingerprint density at radius 2 is 1.77 bits per heavy atom. The second-order valence-corrected chi connectivity index (χ2v) is 8.53. The highest BCUT2D eigenvalue weighted by molar-refractivity contribution is 6.30. The number of hydrogen-bond donors (Lipinski definition) is 1. The molecule has 2 aromatic heterocycles. The van der Waals surface area contributed by atoms with E-state index in [9.17, 15) is 9.18 Å². The number of nitrogens with two attached hydrogens (primary N) is 1. The third kappa shape index (κ3) is 5.09. The first kappa shape index (κ1) is 22.8. The van der Waals surface area contributed by atoms with Crippen LogP contribution in [0.15, 0.2) is 60.7 Å². The molecular formula is C25H22ClFN6O2. The molecule has 1 saturated heterocycles. The SMILES string of the molecule is Nc1nc(N2CCN(C(=O)COc3ccc(Cl)cc3)CC2)c2nc(-c3cccc(F)c3)ccc2n1. The van der Waals surface area contributed by atoms with Crippen molar-refractivity contribution < 1.29 is 13.9 Å². The van der Waals surface area contributed by atoms with Gasteiger partial charge in [-0.2, -0.15) is 4.98 Å². The molecule has 1 aliphatic rings. The van der Waals surface area contributed by atoms with E-state index in [4.69, 9.17) is 27.1 Å². The lowest BCUT2D eigenvalue weighted by Crippen LogP contribution is -2.50. The van der Waals surface area contributed by atoms with Gasteiger partial charge < -0.3 is 20.3 Å². The van der Waals surface area contributed by atoms with Gasteiger partial charge in [-0.3, -0.25) is 4.79 Å². The average molecular weight is 493 g/mol. The van der Waals surface area contributed by atoms with Crippen LogP contribution in [0, 0.1) is 5.82 Å². The fourth-order valence-corrected chi connectivity index (χ4v) is 4.11. The van der Waals surface area contributed by atoms with Gasteiger partial charge in [0.15, 0.2) is 12.4 Å². The van der Waals surface area contributed by atoms with E-state index in [1.807, 2.05) is 4.90 Å². The van der Waals surface area contributed by atoms with Gasteiger partial charge in [-0.15, -0.1) is 0 Å². The van der Waals surface area contributed by atoms with Crippen LogP contribution < -0.4 is 15.4 Å². The van der Waals surface area contributed by atoms with E-state index in [1.54, 1.807) is 53.4 Å². The highest BCUT2D eigenvalue weighted by atomic mass is 35.5. The Hall–Kier alpha value is -3.98. The number of rotatable bonds is 5. The minimum absolute atomic E-state index is 0.0520. The molecule has 1 fully saturated rings. The molecule has 2 aromatic carbocycles. The van der Waals surface area contributed by atoms with E-state index in [-0.39, 0.29) is 24.3 Å². The maximum atomic E-state index is 13.7. The molecular weight excluding hydrogens is 471 g/mol. The van der Waals surface area contributed by atoms with Crippen LogP contribution in [0.2, 0.25) is 5.02 Å². The molecule has 0 spiro atoms. The summed E-state index contributed by atoms with van der Waals surface area (Å²) in [4.78, 5) is 29.9. The number of carbonyl (C=O) groups is 1. The number of pyridine rings is 1. The molecule has 0 aliphatic carbocycles. The maximum absolute atomic E-state index is 13.7. The van der Waals surface area contributed by atoms with E-state index in [2.05, 4.69) is 9.97 Å². The van der Waals surface area contributed by atoms with Gasteiger partial charge in [-0.25, -0.2) is 14.4 Å². The number of aromatic nitrogens is 3. The fraction of sp³-hybridized carbons (Fsp3) is 0.200. The van der Waals surface area contributed by atoms with Gasteiger partial charge in [0.25, 0.3) is 5.91 Å². The summed E-state index contributed by atoms with van der Waals surface area (Å²) in [5.74, 6) is 0.889. The number of nitrogen functional groups attached to an aromatic ring is 1. The Bertz CT molecular complexity index is 1380. The van der Waals surface area contributed by atoms with E-state index in [0.717, 1.165) is 0 Å². The topological polar surface area (TPSA) is 97.5 Å². The summed E-state index contributed by atoms with van der Waals surface area (Å²) in [7, 11) is 0. The number of anilines is 2. The lowest BCUT2D eigenvalue weighted by atomic mass is 10.1. The van der Waals surface area contributed by atoms with Gasteiger partial charge in [0.2, 0.25) is 5.95 Å². The van der Waals surface area contributed by atoms with E-state index in [0.29, 0.717) is 65.1 Å². The highest BCUT2D eigenvalue weighted by Crippen LogP contribution is 2.28. The first-order chi connectivity index (χ1) is 17.0. The number of nitrogens with zero attached hydrogens (tertiary/aromatic N) is 5. The molecule has 2 N–H and O–H groups in total. The van der Waals surface area contributed by atoms with E-state index < -0.39 is 0 Å². The Labute approximate surface area is 206 Å². The summed E-state index contributed by atoms with van der Waals surface area (Å²) in [6.07, 6.45) is 0. The number of benzene rings is 2. The Morgan fingerprint density at radius 3 is 2.51 bits per heavy atom. The van der Waals surface area contributed by atoms with Crippen molar-refractivity contribution >= 4 is 40.3 Å². The van der Waals surface area contributed by atoms with Crippen molar-refractivity contribution in [2.24, 2.45) is 0 Å². The van der Waals surface area contributed by atoms with Gasteiger partial charge in [-0.1, -0.05) is 23.7 Å². The molecule has 0 saturated carbocycles. The molecule has 0 unspecified atom stereocenters. The van der Waals surface area contributed by atoms with Crippen LogP contribution in [-0.2, 0) is 4.79 Å². The second-order valence-electron chi connectivity index (χ2n) is 8.09. The van der Waals surface area contributed by atoms with Crippen LogP contribution >= 0.6 is 11.6 Å². The maximum Gasteiger partial charge on any atom is 0.260 e. The standard InChI is InChI=1S/C25H22ClFN6O2/c26-17-4-6-19(7-5-17)35-15-22(34)32-10-12-33(13-11-32)24-23-21(30-25(28)31-24)9-8-20(29-23)16-2-1-3-18(27)14-16/h1-9,14H,10-13,15H2,(H2,28,30,31). The fourth-order valence-electron chi connectivity index (χ4n) is 3.98. The van der Waals surface area contributed by atoms with Crippen molar-refractivity contribution in [2.75, 3.05) is 43.4 Å². The zero-order valence-corrected chi connectivity index (χ0v) is 19.5. The first-order valence-electron chi connectivity index (χ1n) is 11.1. The predicted octanol–water partition coefficient (Wildman–Crippen LogP) is 3.79. The molecule has 8 nitrogen and oxygen atoms in total. The molecule has 0 atom stereocenters. The van der Waals surface area contributed by atoms with Crippen molar-refractivity contribution in [3.8, 4) is 17.0 Å². The number of ether oxygens (including phenoxy) is 1. The number of piperazine rings is 1. The van der Waals surface area contributed by atoms with E-state index >= 15 is 0 Å². The minimum atomic E-state index is -0.334. The summed E-state index contributed by atoms with van der Waals surface area (Å²) in [5.41, 5.74) is 8.41. The quantitative estimate of drug-likeness (QED) is 0.452. The van der Waals surface area contributed by atoms with Crippen molar-refractivity contribution in [2.45, 2.75) is 0 Å². The smallest absolute Gasteiger partial charge is 0.260 e. The lowest BCUT2D eigenvalue weighted by Gasteiger charge is -2.35. The molecule has 0 bridgehead atoms. The van der Waals surface area contributed by atoms with Gasteiger partial charge >= 0.3 is 0 Å². The molecule has 35 heavy (non-hydrogen) atoms. The summed E-state index contributed by atoms with van der Waals surface area (Å²) in [5, 5.41) is 0.607. The molecule has 3 heterocycles. The molecule has 4 aromatic rings. The molecule has 1 aliphatic heterocycles. The van der Waals surface area contributed by atoms with Crippen molar-refractivity contribution in [1.82, 2.24) is 19.9 Å². The second kappa shape index (κ2) is 9.71. The highest BCUT2D eigenvalue weighted by Gasteiger charge is 2.24. The third-order valence-electron chi connectivity index (χ3n) is 5.77. The van der Waals surface area contributed by atoms with Gasteiger partial charge in [-0.05, 0) is 48.5 Å². The van der Waals surface area contributed by atoms with Crippen molar-refractivity contribution in [1.29, 1.82) is 0 Å². The summed E-state index contributed by atoms with van der Waals surface area (Å²) >= 11 is 5.88. The van der Waals surface area contributed by atoms with Crippen LogP contribution in [0.4, 0.5) is 16.2 Å². The van der Waals surface area contributed by atoms with E-state index in [1.165, 1.54) is 12.1 Å². The third-order valence-corrected chi connectivity index (χ3v) is 6.02. The first-order valence-corrected chi connectivity index (χ1v) is 11.5. The minimum Gasteiger partial charge on any atom is -0.484 e. The van der Waals surface area contributed by atoms with Crippen LogP contribution in [0.3, 0.4) is 0 Å². The molecule has 0 radical (unpaired) electrons. The summed E-state index contributed by atoms with van der Waals surface area (Å²) in [6.45, 7) is 2.04. The Kier molecular flexibility index (Phi) is 6.33. The number of carbonyl (C=O) groups excluding carboxylic acids is 1. The van der Waals surface area contributed by atoms with Crippen LogP contribution in [0.5, 0.6) is 5.75 Å². The largest absolute Gasteiger partial charge is 0.484 e. The zero-order chi connectivity index (χ0) is 24.4. The number of halogens is 2. The average Bonchev–Trinajstić information content (AvgIpc) is 2.87. The van der Waals surface area contributed by atoms with Crippen LogP contribution in [-0.4, -0.2) is 58.5 Å². The van der Waals surface area contributed by atoms with Gasteiger partial charge in [0.1, 0.15) is 17.1 Å². The normalized spacial score (nSPS) is 13.8. The summed E-state index contributed by atoms with van der Waals surface area (Å²) < 4.78 is 19.3. The molecule has 178 valence electrons. The zero-order valence-electron chi connectivity index (χ0n) is 18.7. The molecule has 5 rings (SSSR count). The van der Waals surface area contributed by atoms with Gasteiger partial charge in [0, 0.05) is 36.8 Å². The molecule has 1 amide bonds. The lowest BCUT2D eigenvalue weighted by molar-refractivity contribution is -0.133. The van der Waals surface area contributed by atoms with Crippen LogP contribution in [0.1, 0.15) is 0 Å². The van der Waals surface area contributed by atoms with Crippen molar-refractivity contribution in [3.63, 3.8) is 0 Å².